The Morgan fingerprint density at radius 2 is 1.78 bits per heavy atom. The number of benzene rings is 2. The third-order valence-electron chi connectivity index (χ3n) is 3.49. The summed E-state index contributed by atoms with van der Waals surface area (Å²) in [7, 11) is 3.00. The van der Waals surface area contributed by atoms with Crippen molar-refractivity contribution in [2.45, 2.75) is 6.92 Å². The molecule has 0 aliphatic carbocycles. The summed E-state index contributed by atoms with van der Waals surface area (Å²) in [6.45, 7) is 1.84. The number of carbonyl (C=O) groups is 1. The van der Waals surface area contributed by atoms with E-state index in [1.165, 1.54) is 13.2 Å². The molecular weight excluding hydrogens is 296 g/mol. The maximum absolute atomic E-state index is 11.6. The summed E-state index contributed by atoms with van der Waals surface area (Å²) < 4.78 is 10.2. The highest BCUT2D eigenvalue weighted by molar-refractivity contribution is 6.20. The van der Waals surface area contributed by atoms with Crippen molar-refractivity contribution in [3.8, 4) is 17.2 Å². The second-order valence-corrected chi connectivity index (χ2v) is 4.95. The number of hydrogen-bond acceptors (Lipinski definition) is 4. The van der Waals surface area contributed by atoms with Crippen molar-refractivity contribution in [1.29, 1.82) is 0 Å². The van der Waals surface area contributed by atoms with Gasteiger partial charge in [-0.3, -0.25) is 0 Å². The number of aromatic hydroxyl groups is 1. The first-order valence-electron chi connectivity index (χ1n) is 6.94. The van der Waals surface area contributed by atoms with Crippen LogP contribution in [0.5, 0.6) is 17.2 Å². The molecule has 120 valence electrons. The highest BCUT2D eigenvalue weighted by atomic mass is 16.5. The number of phenolic OH excluding ortho intramolecular Hbond substituents is 1. The monoisotopic (exact) mass is 314 g/mol. The summed E-state index contributed by atoms with van der Waals surface area (Å²) in [5, 5.41) is 19.6. The number of methoxy groups -OCH3 is 2. The van der Waals surface area contributed by atoms with Crippen LogP contribution < -0.4 is 9.47 Å². The lowest BCUT2D eigenvalue weighted by Crippen LogP contribution is -2.01. The summed E-state index contributed by atoms with van der Waals surface area (Å²) in [6, 6.07) is 10.0. The van der Waals surface area contributed by atoms with Gasteiger partial charge >= 0.3 is 5.97 Å². The number of carboxylic acid groups (broad SMARTS) is 1. The van der Waals surface area contributed by atoms with E-state index in [1.54, 1.807) is 43.5 Å². The minimum absolute atomic E-state index is 0.0688. The summed E-state index contributed by atoms with van der Waals surface area (Å²) in [5.41, 5.74) is 1.79. The predicted octanol–water partition coefficient (Wildman–Crippen LogP) is 3.34. The SMILES string of the molecule is COc1ccc(/C(=C/c2cccc(OC)c2O)C(=O)O)cc1C. The van der Waals surface area contributed by atoms with Gasteiger partial charge in [-0.15, -0.1) is 0 Å². The van der Waals surface area contributed by atoms with Gasteiger partial charge in [-0.05, 0) is 42.3 Å². The van der Waals surface area contributed by atoms with Crippen LogP contribution in [0.25, 0.3) is 11.6 Å². The van der Waals surface area contributed by atoms with Crippen LogP contribution in [0.4, 0.5) is 0 Å². The van der Waals surface area contributed by atoms with E-state index in [0.29, 0.717) is 16.9 Å². The highest BCUT2D eigenvalue weighted by Gasteiger charge is 2.14. The molecule has 0 heterocycles. The van der Waals surface area contributed by atoms with Crippen LogP contribution >= 0.6 is 0 Å². The molecule has 0 bridgehead atoms. The van der Waals surface area contributed by atoms with E-state index in [-0.39, 0.29) is 17.1 Å². The molecule has 0 saturated heterocycles. The Bertz CT molecular complexity index is 762. The fourth-order valence-corrected chi connectivity index (χ4v) is 2.29. The molecule has 0 amide bonds. The molecule has 2 aromatic carbocycles. The number of rotatable bonds is 5. The summed E-state index contributed by atoms with van der Waals surface area (Å²) in [4.78, 5) is 11.6. The lowest BCUT2D eigenvalue weighted by Gasteiger charge is -2.10. The van der Waals surface area contributed by atoms with Gasteiger partial charge in [0.1, 0.15) is 5.75 Å². The average molecular weight is 314 g/mol. The number of phenols is 1. The van der Waals surface area contributed by atoms with E-state index in [2.05, 4.69) is 0 Å². The number of hydrogen-bond donors (Lipinski definition) is 2. The van der Waals surface area contributed by atoms with Crippen LogP contribution in [-0.2, 0) is 4.79 Å². The molecule has 2 rings (SSSR count). The third kappa shape index (κ3) is 3.45. The van der Waals surface area contributed by atoms with Crippen molar-refractivity contribution in [1.82, 2.24) is 0 Å². The van der Waals surface area contributed by atoms with Gasteiger partial charge < -0.3 is 19.7 Å². The van der Waals surface area contributed by atoms with Gasteiger partial charge in [0.25, 0.3) is 0 Å². The molecule has 0 aliphatic rings. The van der Waals surface area contributed by atoms with Gasteiger partial charge in [0, 0.05) is 5.56 Å². The average Bonchev–Trinajstić information content (AvgIpc) is 2.53. The number of carboxylic acids is 1. The van der Waals surface area contributed by atoms with E-state index in [4.69, 9.17) is 9.47 Å². The fourth-order valence-electron chi connectivity index (χ4n) is 2.29. The highest BCUT2D eigenvalue weighted by Crippen LogP contribution is 2.33. The maximum Gasteiger partial charge on any atom is 0.336 e. The van der Waals surface area contributed by atoms with Gasteiger partial charge in [-0.25, -0.2) is 4.79 Å². The fraction of sp³-hybridized carbons (Fsp3) is 0.167. The molecule has 5 nitrogen and oxygen atoms in total. The molecule has 0 atom stereocenters. The molecule has 0 radical (unpaired) electrons. The lowest BCUT2D eigenvalue weighted by molar-refractivity contribution is -0.130. The van der Waals surface area contributed by atoms with Crippen molar-refractivity contribution in [3.05, 3.63) is 53.1 Å². The Kier molecular flexibility index (Phi) is 4.91. The topological polar surface area (TPSA) is 76.0 Å². The first kappa shape index (κ1) is 16.4. The lowest BCUT2D eigenvalue weighted by atomic mass is 10.00. The van der Waals surface area contributed by atoms with Crippen LogP contribution in [0.1, 0.15) is 16.7 Å². The summed E-state index contributed by atoms with van der Waals surface area (Å²) in [6.07, 6.45) is 1.42. The molecule has 0 unspecified atom stereocenters. The molecule has 0 saturated carbocycles. The Labute approximate surface area is 134 Å². The van der Waals surface area contributed by atoms with Crippen LogP contribution in [0.3, 0.4) is 0 Å². The van der Waals surface area contributed by atoms with Gasteiger partial charge in [0.2, 0.25) is 0 Å². The second kappa shape index (κ2) is 6.87. The Morgan fingerprint density at radius 3 is 2.35 bits per heavy atom. The van der Waals surface area contributed by atoms with Crippen molar-refractivity contribution >= 4 is 17.6 Å². The maximum atomic E-state index is 11.6. The van der Waals surface area contributed by atoms with Crippen molar-refractivity contribution in [2.24, 2.45) is 0 Å². The standard InChI is InChI=1S/C18H18O5/c1-11-9-12(7-8-15(11)22-2)14(18(20)21)10-13-5-4-6-16(23-3)17(13)19/h4-10,19H,1-3H3,(H,20,21)/b14-10-. The Morgan fingerprint density at radius 1 is 1.09 bits per heavy atom. The van der Waals surface area contributed by atoms with Crippen molar-refractivity contribution < 1.29 is 24.5 Å². The van der Waals surface area contributed by atoms with E-state index in [0.717, 1.165) is 5.56 Å². The van der Waals surface area contributed by atoms with Gasteiger partial charge in [0.05, 0.1) is 19.8 Å². The zero-order valence-electron chi connectivity index (χ0n) is 13.2. The second-order valence-electron chi connectivity index (χ2n) is 4.95. The normalized spacial score (nSPS) is 11.2. The minimum Gasteiger partial charge on any atom is -0.504 e. The molecule has 0 aliphatic heterocycles. The van der Waals surface area contributed by atoms with E-state index in [1.807, 2.05) is 6.92 Å². The molecule has 23 heavy (non-hydrogen) atoms. The largest absolute Gasteiger partial charge is 0.504 e. The van der Waals surface area contributed by atoms with Gasteiger partial charge in [-0.2, -0.15) is 0 Å². The summed E-state index contributed by atoms with van der Waals surface area (Å²) >= 11 is 0. The predicted molar refractivity (Wildman–Crippen MR) is 87.9 cm³/mol. The Balaban J connectivity index is 2.55. The molecule has 0 aromatic heterocycles. The van der Waals surface area contributed by atoms with Crippen LogP contribution in [0.2, 0.25) is 0 Å². The zero-order chi connectivity index (χ0) is 17.0. The number of aryl methyl sites for hydroxylation is 1. The van der Waals surface area contributed by atoms with Crippen LogP contribution in [-0.4, -0.2) is 30.4 Å². The third-order valence-corrected chi connectivity index (χ3v) is 3.49. The number of para-hydroxylation sites is 1. The van der Waals surface area contributed by atoms with Crippen molar-refractivity contribution in [2.75, 3.05) is 14.2 Å². The first-order chi connectivity index (χ1) is 11.0. The Hall–Kier alpha value is -2.95. The van der Waals surface area contributed by atoms with E-state index < -0.39 is 5.97 Å². The first-order valence-corrected chi connectivity index (χ1v) is 6.94. The van der Waals surface area contributed by atoms with E-state index >= 15 is 0 Å². The van der Waals surface area contributed by atoms with Gasteiger partial charge in [-0.1, -0.05) is 18.2 Å². The molecule has 2 N–H and O–H groups in total. The quantitative estimate of drug-likeness (QED) is 0.654. The van der Waals surface area contributed by atoms with Crippen molar-refractivity contribution in [3.63, 3.8) is 0 Å². The number of ether oxygens (including phenoxy) is 2. The van der Waals surface area contributed by atoms with E-state index in [9.17, 15) is 15.0 Å². The van der Waals surface area contributed by atoms with Crippen LogP contribution in [0, 0.1) is 6.92 Å². The molecular formula is C18H18O5. The summed E-state index contributed by atoms with van der Waals surface area (Å²) in [5.74, 6) is -0.215. The smallest absolute Gasteiger partial charge is 0.336 e. The molecule has 5 heteroatoms. The van der Waals surface area contributed by atoms with Gasteiger partial charge in [0.15, 0.2) is 11.5 Å². The zero-order valence-corrected chi connectivity index (χ0v) is 13.2. The molecule has 2 aromatic rings. The minimum atomic E-state index is -1.09. The molecule has 0 spiro atoms. The molecule has 0 fully saturated rings. The number of aliphatic carboxylic acids is 1. The van der Waals surface area contributed by atoms with Crippen LogP contribution in [0.15, 0.2) is 36.4 Å².